The van der Waals surface area contributed by atoms with Crippen molar-refractivity contribution in [2.24, 2.45) is 0 Å². The van der Waals surface area contributed by atoms with Crippen LogP contribution in [0.15, 0.2) is 18.2 Å². The number of nitrogens with zero attached hydrogens (tertiary/aromatic N) is 3. The minimum absolute atomic E-state index is 0.0136. The van der Waals surface area contributed by atoms with Gasteiger partial charge in [-0.3, -0.25) is 9.69 Å². The molecule has 2 saturated heterocycles. The molecule has 2 aliphatic rings. The first kappa shape index (κ1) is 14.7. The number of nitrogens with one attached hydrogen (secondary N) is 2. The summed E-state index contributed by atoms with van der Waals surface area (Å²) in [4.78, 5) is 25.2. The molecule has 2 aliphatic heterocycles. The van der Waals surface area contributed by atoms with Gasteiger partial charge in [0, 0.05) is 38.3 Å². The Bertz CT molecular complexity index is 740. The van der Waals surface area contributed by atoms with Gasteiger partial charge in [-0.25, -0.2) is 4.98 Å². The number of para-hydroxylation sites is 1. The van der Waals surface area contributed by atoms with Crippen molar-refractivity contribution in [3.63, 3.8) is 0 Å². The maximum absolute atomic E-state index is 12.7. The molecular formula is C17H23N5O. The van der Waals surface area contributed by atoms with Gasteiger partial charge in [-0.2, -0.15) is 0 Å². The number of carbonyl (C=O) groups excluding carboxylic acids is 1. The molecule has 2 atom stereocenters. The highest BCUT2D eigenvalue weighted by Crippen LogP contribution is 2.22. The normalized spacial score (nSPS) is 25.7. The number of benzene rings is 1. The Balaban J connectivity index is 1.49. The predicted octanol–water partition coefficient (Wildman–Crippen LogP) is 0.989. The minimum atomic E-state index is -0.0136. The van der Waals surface area contributed by atoms with Gasteiger partial charge in [0.15, 0.2) is 0 Å². The highest BCUT2D eigenvalue weighted by molar-refractivity contribution is 6.05. The largest absolute Gasteiger partial charge is 0.348 e. The van der Waals surface area contributed by atoms with E-state index in [0.717, 1.165) is 49.5 Å². The van der Waals surface area contributed by atoms with E-state index < -0.39 is 0 Å². The molecule has 0 unspecified atom stereocenters. The van der Waals surface area contributed by atoms with Gasteiger partial charge < -0.3 is 15.2 Å². The summed E-state index contributed by atoms with van der Waals surface area (Å²) in [7, 11) is 2.17. The Labute approximate surface area is 135 Å². The zero-order valence-electron chi connectivity index (χ0n) is 13.7. The Morgan fingerprint density at radius 2 is 2.22 bits per heavy atom. The number of hydrogen-bond acceptors (Lipinski definition) is 4. The molecule has 6 heteroatoms. The first-order valence-corrected chi connectivity index (χ1v) is 8.29. The number of H-pyrrole nitrogens is 1. The lowest BCUT2D eigenvalue weighted by Crippen LogP contribution is -2.48. The Morgan fingerprint density at radius 3 is 3.09 bits per heavy atom. The van der Waals surface area contributed by atoms with Crippen molar-refractivity contribution in [3.8, 4) is 0 Å². The maximum atomic E-state index is 12.7. The SMILES string of the molecule is Cc1nc2c(C(=O)N[C@H]3C[C@H]4CN(C)CCN4C3)cccc2[nH]1. The van der Waals surface area contributed by atoms with Crippen molar-refractivity contribution in [1.29, 1.82) is 0 Å². The van der Waals surface area contributed by atoms with Gasteiger partial charge in [-0.05, 0) is 32.5 Å². The van der Waals surface area contributed by atoms with E-state index in [1.54, 1.807) is 0 Å². The monoisotopic (exact) mass is 313 g/mol. The average molecular weight is 313 g/mol. The van der Waals surface area contributed by atoms with E-state index in [0.29, 0.717) is 11.6 Å². The average Bonchev–Trinajstić information content (AvgIpc) is 3.07. The molecule has 0 spiro atoms. The third kappa shape index (κ3) is 2.72. The van der Waals surface area contributed by atoms with Crippen molar-refractivity contribution < 1.29 is 4.79 Å². The fourth-order valence-corrected chi connectivity index (χ4v) is 3.90. The topological polar surface area (TPSA) is 64.3 Å². The number of fused-ring (bicyclic) bond motifs is 2. The van der Waals surface area contributed by atoms with Crippen molar-refractivity contribution in [1.82, 2.24) is 25.1 Å². The highest BCUT2D eigenvalue weighted by Gasteiger charge is 2.35. The molecule has 2 fully saturated rings. The maximum Gasteiger partial charge on any atom is 0.253 e. The fraction of sp³-hybridized carbons (Fsp3) is 0.529. The van der Waals surface area contributed by atoms with E-state index in [9.17, 15) is 4.79 Å². The summed E-state index contributed by atoms with van der Waals surface area (Å²) in [5.74, 6) is 0.821. The number of imidazole rings is 1. The van der Waals surface area contributed by atoms with E-state index in [4.69, 9.17) is 0 Å². The number of aromatic nitrogens is 2. The van der Waals surface area contributed by atoms with Crippen LogP contribution in [0, 0.1) is 6.92 Å². The van der Waals surface area contributed by atoms with E-state index in [2.05, 4.69) is 32.1 Å². The second kappa shape index (κ2) is 5.62. The molecule has 0 bridgehead atoms. The van der Waals surface area contributed by atoms with Gasteiger partial charge in [-0.15, -0.1) is 0 Å². The number of likely N-dealkylation sites (N-methyl/N-ethyl adjacent to an activating group) is 1. The van der Waals surface area contributed by atoms with E-state index in [1.165, 1.54) is 0 Å². The molecule has 1 aromatic carbocycles. The van der Waals surface area contributed by atoms with E-state index in [-0.39, 0.29) is 11.9 Å². The van der Waals surface area contributed by atoms with Crippen LogP contribution in [0.25, 0.3) is 11.0 Å². The molecule has 0 saturated carbocycles. The van der Waals surface area contributed by atoms with Crippen LogP contribution in [0.5, 0.6) is 0 Å². The van der Waals surface area contributed by atoms with Crippen LogP contribution in [0.3, 0.4) is 0 Å². The molecule has 6 nitrogen and oxygen atoms in total. The summed E-state index contributed by atoms with van der Waals surface area (Å²) in [5.41, 5.74) is 2.34. The number of aryl methyl sites for hydroxylation is 1. The van der Waals surface area contributed by atoms with Gasteiger partial charge in [0.05, 0.1) is 11.1 Å². The lowest BCUT2D eigenvalue weighted by Gasteiger charge is -2.34. The van der Waals surface area contributed by atoms with E-state index >= 15 is 0 Å². The number of amides is 1. The van der Waals surface area contributed by atoms with Crippen LogP contribution < -0.4 is 5.32 Å². The zero-order valence-corrected chi connectivity index (χ0v) is 13.7. The molecule has 3 heterocycles. The second-order valence-electron chi connectivity index (χ2n) is 6.84. The van der Waals surface area contributed by atoms with Gasteiger partial charge >= 0.3 is 0 Å². The quantitative estimate of drug-likeness (QED) is 0.868. The first-order valence-electron chi connectivity index (χ1n) is 8.29. The molecule has 0 radical (unpaired) electrons. The lowest BCUT2D eigenvalue weighted by atomic mass is 10.1. The summed E-state index contributed by atoms with van der Waals surface area (Å²) < 4.78 is 0. The van der Waals surface area contributed by atoms with Crippen LogP contribution >= 0.6 is 0 Å². The summed E-state index contributed by atoms with van der Waals surface area (Å²) in [6.45, 7) is 6.18. The number of carbonyl (C=O) groups is 1. The molecular weight excluding hydrogens is 290 g/mol. The Kier molecular flexibility index (Phi) is 3.58. The van der Waals surface area contributed by atoms with Crippen molar-refractivity contribution >= 4 is 16.9 Å². The molecule has 1 amide bonds. The number of piperazine rings is 1. The predicted molar refractivity (Wildman–Crippen MR) is 89.6 cm³/mol. The number of hydrogen-bond donors (Lipinski definition) is 2. The van der Waals surface area contributed by atoms with Crippen LogP contribution in [0.2, 0.25) is 0 Å². The van der Waals surface area contributed by atoms with Crippen molar-refractivity contribution in [3.05, 3.63) is 29.6 Å². The molecule has 2 aromatic rings. The lowest BCUT2D eigenvalue weighted by molar-refractivity contribution is 0.0938. The van der Waals surface area contributed by atoms with E-state index in [1.807, 2.05) is 25.1 Å². The van der Waals surface area contributed by atoms with Gasteiger partial charge in [0.1, 0.15) is 11.3 Å². The van der Waals surface area contributed by atoms with Crippen LogP contribution in [0.4, 0.5) is 0 Å². The minimum Gasteiger partial charge on any atom is -0.348 e. The van der Waals surface area contributed by atoms with Crippen LogP contribution in [-0.4, -0.2) is 71.0 Å². The summed E-state index contributed by atoms with van der Waals surface area (Å²) in [6, 6.07) is 6.52. The molecule has 1 aromatic heterocycles. The first-order chi connectivity index (χ1) is 11.1. The van der Waals surface area contributed by atoms with Gasteiger partial charge in [0.2, 0.25) is 0 Å². The number of rotatable bonds is 2. The highest BCUT2D eigenvalue weighted by atomic mass is 16.1. The fourth-order valence-electron chi connectivity index (χ4n) is 3.90. The van der Waals surface area contributed by atoms with Crippen molar-refractivity contribution in [2.45, 2.75) is 25.4 Å². The molecule has 122 valence electrons. The molecule has 0 aliphatic carbocycles. The summed E-state index contributed by atoms with van der Waals surface area (Å²) >= 11 is 0. The van der Waals surface area contributed by atoms with Crippen LogP contribution in [0.1, 0.15) is 22.6 Å². The molecule has 2 N–H and O–H groups in total. The van der Waals surface area contributed by atoms with Gasteiger partial charge in [-0.1, -0.05) is 6.07 Å². The second-order valence-corrected chi connectivity index (χ2v) is 6.84. The van der Waals surface area contributed by atoms with Crippen molar-refractivity contribution in [2.75, 3.05) is 33.2 Å². The molecule has 23 heavy (non-hydrogen) atoms. The van der Waals surface area contributed by atoms with Gasteiger partial charge in [0.25, 0.3) is 5.91 Å². The zero-order chi connectivity index (χ0) is 16.0. The number of aromatic amines is 1. The summed E-state index contributed by atoms with van der Waals surface area (Å²) in [5, 5.41) is 3.21. The van der Waals surface area contributed by atoms with Crippen LogP contribution in [-0.2, 0) is 0 Å². The standard InChI is InChI=1S/C17H23N5O/c1-11-18-15-5-3-4-14(16(15)19-11)17(23)20-12-8-13-10-21(2)6-7-22(13)9-12/h3-5,12-13H,6-10H2,1-2H3,(H,18,19)(H,20,23)/t12-,13-/m0/s1. The third-order valence-corrected chi connectivity index (χ3v) is 5.03. The third-order valence-electron chi connectivity index (χ3n) is 5.03. The Morgan fingerprint density at radius 1 is 1.35 bits per heavy atom. The Hall–Kier alpha value is -1.92. The summed E-state index contributed by atoms with van der Waals surface area (Å²) in [6.07, 6.45) is 1.03. The molecule has 4 rings (SSSR count). The smallest absolute Gasteiger partial charge is 0.253 e.